The summed E-state index contributed by atoms with van der Waals surface area (Å²) in [6, 6.07) is 5.68. The normalized spacial score (nSPS) is 23.4. The molecule has 0 saturated carbocycles. The molecular formula is C14H21N3O2. The molecule has 1 saturated heterocycles. The third-order valence-electron chi connectivity index (χ3n) is 3.38. The van der Waals surface area contributed by atoms with Gasteiger partial charge in [-0.1, -0.05) is 6.07 Å². The number of carbonyl (C=O) groups is 1. The first-order chi connectivity index (χ1) is 9.06. The van der Waals surface area contributed by atoms with Gasteiger partial charge in [-0.2, -0.15) is 0 Å². The van der Waals surface area contributed by atoms with Gasteiger partial charge in [-0.3, -0.25) is 9.59 Å². The van der Waals surface area contributed by atoms with E-state index in [0.717, 1.165) is 13.1 Å². The minimum Gasteiger partial charge on any atom is -0.340 e. The Kier molecular flexibility index (Phi) is 4.37. The molecule has 5 nitrogen and oxygen atoms in total. The molecule has 104 valence electrons. The summed E-state index contributed by atoms with van der Waals surface area (Å²) < 4.78 is 1.58. The smallest absolute Gasteiger partial charge is 0.250 e. The van der Waals surface area contributed by atoms with E-state index < -0.39 is 0 Å². The van der Waals surface area contributed by atoms with Crippen molar-refractivity contribution < 1.29 is 4.79 Å². The summed E-state index contributed by atoms with van der Waals surface area (Å²) in [6.45, 7) is 6.10. The number of aryl methyl sites for hydroxylation is 1. The summed E-state index contributed by atoms with van der Waals surface area (Å²) in [7, 11) is 0. The third kappa shape index (κ3) is 3.67. The van der Waals surface area contributed by atoms with E-state index in [9.17, 15) is 9.59 Å². The molecule has 0 bridgehead atoms. The quantitative estimate of drug-likeness (QED) is 0.861. The van der Waals surface area contributed by atoms with E-state index in [1.807, 2.05) is 4.90 Å². The minimum absolute atomic E-state index is 0.0580. The highest BCUT2D eigenvalue weighted by Crippen LogP contribution is 2.06. The van der Waals surface area contributed by atoms with Crippen molar-refractivity contribution >= 4 is 5.91 Å². The number of nitrogens with zero attached hydrogens (tertiary/aromatic N) is 2. The summed E-state index contributed by atoms with van der Waals surface area (Å²) in [6.07, 6.45) is 2.10. The van der Waals surface area contributed by atoms with Gasteiger partial charge in [-0.15, -0.1) is 0 Å². The number of hydrogen-bond donors (Lipinski definition) is 1. The molecule has 2 rings (SSSR count). The van der Waals surface area contributed by atoms with Crippen LogP contribution in [-0.2, 0) is 11.3 Å². The number of piperazine rings is 1. The SMILES string of the molecule is C[C@@H]1CN(C(=O)CCn2ccccc2=O)C[C@@H](C)N1. The van der Waals surface area contributed by atoms with Gasteiger partial charge in [0, 0.05) is 50.4 Å². The molecule has 0 radical (unpaired) electrons. The molecule has 0 unspecified atom stereocenters. The number of nitrogens with one attached hydrogen (secondary N) is 1. The lowest BCUT2D eigenvalue weighted by atomic mass is 10.1. The topological polar surface area (TPSA) is 54.3 Å². The zero-order valence-electron chi connectivity index (χ0n) is 11.5. The van der Waals surface area contributed by atoms with Crippen molar-refractivity contribution in [3.8, 4) is 0 Å². The van der Waals surface area contributed by atoms with Crippen molar-refractivity contribution in [2.24, 2.45) is 0 Å². The largest absolute Gasteiger partial charge is 0.340 e. The van der Waals surface area contributed by atoms with Crippen molar-refractivity contribution in [2.45, 2.75) is 38.9 Å². The number of aromatic nitrogens is 1. The molecule has 1 aliphatic heterocycles. The Morgan fingerprint density at radius 1 is 1.32 bits per heavy atom. The Labute approximate surface area is 113 Å². The maximum Gasteiger partial charge on any atom is 0.250 e. The minimum atomic E-state index is -0.0580. The van der Waals surface area contributed by atoms with Crippen LogP contribution < -0.4 is 10.9 Å². The molecule has 1 aliphatic rings. The van der Waals surface area contributed by atoms with Gasteiger partial charge in [0.25, 0.3) is 5.56 Å². The van der Waals surface area contributed by atoms with E-state index in [2.05, 4.69) is 19.2 Å². The molecule has 5 heteroatoms. The second kappa shape index (κ2) is 6.02. The van der Waals surface area contributed by atoms with Crippen LogP contribution in [0.25, 0.3) is 0 Å². The highest BCUT2D eigenvalue weighted by atomic mass is 16.2. The van der Waals surface area contributed by atoms with E-state index in [0.29, 0.717) is 25.0 Å². The van der Waals surface area contributed by atoms with Gasteiger partial charge in [0.2, 0.25) is 5.91 Å². The number of hydrogen-bond acceptors (Lipinski definition) is 3. The second-order valence-electron chi connectivity index (χ2n) is 5.25. The molecule has 19 heavy (non-hydrogen) atoms. The lowest BCUT2D eigenvalue weighted by Crippen LogP contribution is -2.55. The van der Waals surface area contributed by atoms with Crippen LogP contribution in [0.2, 0.25) is 0 Å². The van der Waals surface area contributed by atoms with Crippen LogP contribution in [0.15, 0.2) is 29.2 Å². The fraction of sp³-hybridized carbons (Fsp3) is 0.571. The van der Waals surface area contributed by atoms with Crippen LogP contribution >= 0.6 is 0 Å². The first-order valence-corrected chi connectivity index (χ1v) is 6.75. The van der Waals surface area contributed by atoms with Gasteiger partial charge < -0.3 is 14.8 Å². The first-order valence-electron chi connectivity index (χ1n) is 6.75. The lowest BCUT2D eigenvalue weighted by molar-refractivity contribution is -0.133. The van der Waals surface area contributed by atoms with Crippen molar-refractivity contribution in [3.05, 3.63) is 34.7 Å². The molecule has 2 atom stereocenters. The summed E-state index contributed by atoms with van der Waals surface area (Å²) in [5, 5.41) is 3.40. The van der Waals surface area contributed by atoms with Crippen LogP contribution in [0.3, 0.4) is 0 Å². The van der Waals surface area contributed by atoms with E-state index >= 15 is 0 Å². The average molecular weight is 263 g/mol. The summed E-state index contributed by atoms with van der Waals surface area (Å²) in [5.74, 6) is 0.121. The summed E-state index contributed by atoms with van der Waals surface area (Å²) >= 11 is 0. The zero-order valence-corrected chi connectivity index (χ0v) is 11.5. The maximum atomic E-state index is 12.2. The maximum absolute atomic E-state index is 12.2. The Bertz CT molecular complexity index is 487. The van der Waals surface area contributed by atoms with Crippen LogP contribution in [0.4, 0.5) is 0 Å². The number of amides is 1. The average Bonchev–Trinajstić information content (AvgIpc) is 2.36. The standard InChI is InChI=1S/C14H21N3O2/c1-11-9-17(10-12(2)15-11)14(19)6-8-16-7-4-3-5-13(16)18/h3-5,7,11-12,15H,6,8-10H2,1-2H3/t11-,12-/m1/s1. The predicted molar refractivity (Wildman–Crippen MR) is 74.0 cm³/mol. The van der Waals surface area contributed by atoms with Crippen LogP contribution in [0, 0.1) is 0 Å². The van der Waals surface area contributed by atoms with Crippen LogP contribution in [-0.4, -0.2) is 40.5 Å². The van der Waals surface area contributed by atoms with E-state index in [1.165, 1.54) is 6.07 Å². The monoisotopic (exact) mass is 263 g/mol. The number of rotatable bonds is 3. The van der Waals surface area contributed by atoms with E-state index in [-0.39, 0.29) is 11.5 Å². The predicted octanol–water partition coefficient (Wildman–Crippen LogP) is 0.447. The van der Waals surface area contributed by atoms with Gasteiger partial charge in [0.15, 0.2) is 0 Å². The molecular weight excluding hydrogens is 242 g/mol. The van der Waals surface area contributed by atoms with Crippen LogP contribution in [0.5, 0.6) is 0 Å². The highest BCUT2D eigenvalue weighted by molar-refractivity contribution is 5.76. The second-order valence-corrected chi connectivity index (χ2v) is 5.25. The van der Waals surface area contributed by atoms with Crippen molar-refractivity contribution in [2.75, 3.05) is 13.1 Å². The van der Waals surface area contributed by atoms with E-state index in [4.69, 9.17) is 0 Å². The van der Waals surface area contributed by atoms with Gasteiger partial charge in [-0.05, 0) is 19.9 Å². The van der Waals surface area contributed by atoms with Gasteiger partial charge >= 0.3 is 0 Å². The van der Waals surface area contributed by atoms with Crippen molar-refractivity contribution in [1.29, 1.82) is 0 Å². The van der Waals surface area contributed by atoms with Crippen molar-refractivity contribution in [1.82, 2.24) is 14.8 Å². The first kappa shape index (κ1) is 13.8. The third-order valence-corrected chi connectivity index (χ3v) is 3.38. The van der Waals surface area contributed by atoms with Gasteiger partial charge in [0.1, 0.15) is 0 Å². The zero-order chi connectivity index (χ0) is 13.8. The Morgan fingerprint density at radius 2 is 2.00 bits per heavy atom. The number of carbonyl (C=O) groups excluding carboxylic acids is 1. The molecule has 1 N–H and O–H groups in total. The van der Waals surface area contributed by atoms with Gasteiger partial charge in [0.05, 0.1) is 0 Å². The fourth-order valence-electron chi connectivity index (χ4n) is 2.55. The fourth-order valence-corrected chi connectivity index (χ4v) is 2.55. The molecule has 1 amide bonds. The van der Waals surface area contributed by atoms with Crippen LogP contribution in [0.1, 0.15) is 20.3 Å². The number of pyridine rings is 1. The van der Waals surface area contributed by atoms with Gasteiger partial charge in [-0.25, -0.2) is 0 Å². The molecule has 0 aliphatic carbocycles. The Morgan fingerprint density at radius 3 is 2.63 bits per heavy atom. The molecule has 1 aromatic heterocycles. The summed E-state index contributed by atoms with van der Waals surface area (Å²) in [4.78, 5) is 25.6. The highest BCUT2D eigenvalue weighted by Gasteiger charge is 2.24. The Balaban J connectivity index is 1.91. The Hall–Kier alpha value is -1.62. The molecule has 0 spiro atoms. The van der Waals surface area contributed by atoms with Crippen molar-refractivity contribution in [3.63, 3.8) is 0 Å². The molecule has 0 aromatic carbocycles. The molecule has 1 aromatic rings. The molecule has 2 heterocycles. The van der Waals surface area contributed by atoms with E-state index in [1.54, 1.807) is 22.9 Å². The molecule has 1 fully saturated rings. The lowest BCUT2D eigenvalue weighted by Gasteiger charge is -2.36. The summed E-state index contributed by atoms with van der Waals surface area (Å²) in [5.41, 5.74) is -0.0580.